The molecule has 3 heterocycles. The van der Waals surface area contributed by atoms with Gasteiger partial charge in [0.1, 0.15) is 5.82 Å². The normalized spacial score (nSPS) is 17.7. The van der Waals surface area contributed by atoms with Gasteiger partial charge >= 0.3 is 0 Å². The van der Waals surface area contributed by atoms with Crippen LogP contribution in [0.3, 0.4) is 0 Å². The highest BCUT2D eigenvalue weighted by atomic mass is 79.9. The molecule has 31 heavy (non-hydrogen) atoms. The second-order valence-electron chi connectivity index (χ2n) is 7.99. The van der Waals surface area contributed by atoms with Gasteiger partial charge in [-0.3, -0.25) is 4.98 Å². The molecule has 2 aliphatic carbocycles. The Morgan fingerprint density at radius 2 is 2.03 bits per heavy atom. The summed E-state index contributed by atoms with van der Waals surface area (Å²) in [5, 5.41) is 8.00. The van der Waals surface area contributed by atoms with Crippen molar-refractivity contribution in [1.82, 2.24) is 24.6 Å². The van der Waals surface area contributed by atoms with E-state index in [1.54, 1.807) is 22.5 Å². The maximum absolute atomic E-state index is 13.7. The molecule has 0 bridgehead atoms. The zero-order valence-corrected chi connectivity index (χ0v) is 18.1. The summed E-state index contributed by atoms with van der Waals surface area (Å²) in [5.74, 6) is 0.579. The Hall–Kier alpha value is -3.13. The lowest BCUT2D eigenvalue weighted by atomic mass is 9.88. The number of halogens is 2. The van der Waals surface area contributed by atoms with Crippen LogP contribution in [0.4, 0.5) is 10.3 Å². The van der Waals surface area contributed by atoms with Crippen molar-refractivity contribution in [3.8, 4) is 11.4 Å². The number of hydrogen-bond donors (Lipinski definition) is 1. The van der Waals surface area contributed by atoms with Gasteiger partial charge in [-0.05, 0) is 64.4 Å². The summed E-state index contributed by atoms with van der Waals surface area (Å²) in [6.45, 7) is 0. The first-order valence-corrected chi connectivity index (χ1v) is 11.0. The third-order valence-corrected chi connectivity index (χ3v) is 6.60. The third-order valence-electron chi connectivity index (χ3n) is 6.04. The molecule has 6 nitrogen and oxygen atoms in total. The number of rotatable bonds is 3. The van der Waals surface area contributed by atoms with Gasteiger partial charge < -0.3 is 5.32 Å². The van der Waals surface area contributed by atoms with E-state index in [0.717, 1.165) is 30.2 Å². The van der Waals surface area contributed by atoms with Crippen molar-refractivity contribution in [2.75, 3.05) is 5.32 Å². The number of pyridine rings is 1. The van der Waals surface area contributed by atoms with Crippen LogP contribution in [0, 0.1) is 5.82 Å². The topological polar surface area (TPSA) is 68.0 Å². The summed E-state index contributed by atoms with van der Waals surface area (Å²) < 4.78 is 16.2. The van der Waals surface area contributed by atoms with Gasteiger partial charge in [-0.15, -0.1) is 0 Å². The lowest BCUT2D eigenvalue weighted by Gasteiger charge is -2.26. The van der Waals surface area contributed by atoms with Gasteiger partial charge in [-0.25, -0.2) is 9.37 Å². The number of allylic oxidation sites excluding steroid dienone is 1. The fraction of sp³-hybridized carbons (Fsp3) is 0.217. The number of nitrogens with zero attached hydrogens (tertiary/aromatic N) is 5. The van der Waals surface area contributed by atoms with Crippen LogP contribution in [0.5, 0.6) is 0 Å². The summed E-state index contributed by atoms with van der Waals surface area (Å²) in [5.41, 5.74) is 6.97. The van der Waals surface area contributed by atoms with Crippen LogP contribution in [0.25, 0.3) is 22.6 Å². The van der Waals surface area contributed by atoms with E-state index in [-0.39, 0.29) is 6.04 Å². The summed E-state index contributed by atoms with van der Waals surface area (Å²) in [4.78, 5) is 13.2. The molecule has 0 spiro atoms. The minimum absolute atomic E-state index is 0.226. The average Bonchev–Trinajstić information content (AvgIpc) is 3.34. The van der Waals surface area contributed by atoms with E-state index in [2.05, 4.69) is 65.6 Å². The first-order valence-electron chi connectivity index (χ1n) is 10.2. The van der Waals surface area contributed by atoms with Crippen LogP contribution in [-0.4, -0.2) is 30.6 Å². The molecule has 0 unspecified atom stereocenters. The van der Waals surface area contributed by atoms with Gasteiger partial charge in [0.05, 0.1) is 16.9 Å². The molecule has 154 valence electrons. The number of anilines is 1. The molecule has 2 aliphatic rings. The predicted octanol–water partition coefficient (Wildman–Crippen LogP) is 5.06. The Kier molecular flexibility index (Phi) is 4.34. The Bertz CT molecular complexity index is 1360. The monoisotopic (exact) mass is 476 g/mol. The van der Waals surface area contributed by atoms with E-state index in [1.165, 1.54) is 29.0 Å². The van der Waals surface area contributed by atoms with Gasteiger partial charge in [-0.1, -0.05) is 29.8 Å². The van der Waals surface area contributed by atoms with E-state index in [1.807, 2.05) is 0 Å². The first kappa shape index (κ1) is 18.6. The van der Waals surface area contributed by atoms with Crippen LogP contribution in [0.15, 0.2) is 59.0 Å². The summed E-state index contributed by atoms with van der Waals surface area (Å²) in [7, 11) is 0. The van der Waals surface area contributed by atoms with E-state index >= 15 is 0 Å². The number of hydrogen-bond acceptors (Lipinski definition) is 5. The maximum atomic E-state index is 13.7. The van der Waals surface area contributed by atoms with E-state index in [4.69, 9.17) is 0 Å². The van der Waals surface area contributed by atoms with Crippen LogP contribution < -0.4 is 5.32 Å². The molecular weight excluding hydrogens is 459 g/mol. The molecule has 0 radical (unpaired) electrons. The van der Waals surface area contributed by atoms with Crippen molar-refractivity contribution in [1.29, 1.82) is 0 Å². The zero-order valence-electron chi connectivity index (χ0n) is 16.5. The number of aromatic nitrogens is 5. The molecule has 3 aromatic heterocycles. The quantitative estimate of drug-likeness (QED) is 0.447. The van der Waals surface area contributed by atoms with Crippen LogP contribution >= 0.6 is 15.9 Å². The molecular formula is C23H18BrFN6. The number of fused-ring (bicyclic) bond motifs is 3. The largest absolute Gasteiger partial charge is 0.351 e. The maximum Gasteiger partial charge on any atom is 0.228 e. The number of nitrogens with one attached hydrogen (secondary N) is 1. The molecule has 8 heteroatoms. The van der Waals surface area contributed by atoms with Gasteiger partial charge in [0.2, 0.25) is 5.95 Å². The zero-order chi connectivity index (χ0) is 20.9. The molecule has 0 amide bonds. The SMILES string of the molecule is Fc1cncc(-c2nc(N[C@@H]3CCC4=C(C3)c3ccccc3C4)n3ncc(Br)c3n2)c1. The standard InChI is InChI=1S/C23H18BrFN6/c24-20-12-27-31-22(20)29-21(15-8-16(25)11-26-10-15)30-23(31)28-17-6-5-14-7-13-3-1-2-4-18(13)19(14)9-17/h1-4,8,10-12,17H,5-7,9H2,(H,28,29,30)/t17-/m1/s1. The molecule has 0 saturated carbocycles. The van der Waals surface area contributed by atoms with Crippen LogP contribution in [0.1, 0.15) is 30.4 Å². The van der Waals surface area contributed by atoms with Gasteiger partial charge in [0.25, 0.3) is 0 Å². The molecule has 1 atom stereocenters. The van der Waals surface area contributed by atoms with E-state index in [9.17, 15) is 4.39 Å². The van der Waals surface area contributed by atoms with E-state index in [0.29, 0.717) is 23.0 Å². The molecule has 4 aromatic rings. The van der Waals surface area contributed by atoms with Gasteiger partial charge in [-0.2, -0.15) is 14.6 Å². The second kappa shape index (κ2) is 7.23. The molecule has 1 N–H and O–H groups in total. The molecule has 6 rings (SSSR count). The van der Waals surface area contributed by atoms with Crippen molar-refractivity contribution in [3.05, 3.63) is 75.9 Å². The number of benzene rings is 1. The Morgan fingerprint density at radius 1 is 1.13 bits per heavy atom. The van der Waals surface area contributed by atoms with Crippen molar-refractivity contribution >= 4 is 33.1 Å². The molecule has 0 aliphatic heterocycles. The third kappa shape index (κ3) is 3.22. The summed E-state index contributed by atoms with van der Waals surface area (Å²) in [6.07, 6.45) is 8.53. The van der Waals surface area contributed by atoms with Crippen LogP contribution in [-0.2, 0) is 6.42 Å². The Labute approximate surface area is 186 Å². The molecule has 0 saturated heterocycles. The van der Waals surface area contributed by atoms with Crippen molar-refractivity contribution in [2.24, 2.45) is 0 Å². The minimum Gasteiger partial charge on any atom is -0.351 e. The Morgan fingerprint density at radius 3 is 2.94 bits per heavy atom. The van der Waals surface area contributed by atoms with Gasteiger partial charge in [0.15, 0.2) is 11.5 Å². The summed E-state index contributed by atoms with van der Waals surface area (Å²) >= 11 is 3.50. The van der Waals surface area contributed by atoms with Crippen LogP contribution in [0.2, 0.25) is 0 Å². The van der Waals surface area contributed by atoms with Gasteiger partial charge in [0, 0.05) is 17.8 Å². The first-order chi connectivity index (χ1) is 15.2. The highest BCUT2D eigenvalue weighted by Gasteiger charge is 2.28. The lowest BCUT2D eigenvalue weighted by molar-refractivity contribution is 0.621. The van der Waals surface area contributed by atoms with E-state index < -0.39 is 5.82 Å². The highest BCUT2D eigenvalue weighted by molar-refractivity contribution is 9.10. The second-order valence-corrected chi connectivity index (χ2v) is 8.84. The minimum atomic E-state index is -0.422. The fourth-order valence-electron chi connectivity index (χ4n) is 4.60. The molecule has 1 aromatic carbocycles. The van der Waals surface area contributed by atoms with Crippen molar-refractivity contribution in [2.45, 2.75) is 31.7 Å². The smallest absolute Gasteiger partial charge is 0.228 e. The predicted molar refractivity (Wildman–Crippen MR) is 120 cm³/mol. The fourth-order valence-corrected chi connectivity index (χ4v) is 4.95. The lowest BCUT2D eigenvalue weighted by Crippen LogP contribution is -2.25. The average molecular weight is 477 g/mol. The Balaban J connectivity index is 1.36. The molecule has 0 fully saturated rings. The summed E-state index contributed by atoms with van der Waals surface area (Å²) in [6, 6.07) is 10.3. The highest BCUT2D eigenvalue weighted by Crippen LogP contribution is 2.42. The van der Waals surface area contributed by atoms with Crippen molar-refractivity contribution in [3.63, 3.8) is 0 Å². The van der Waals surface area contributed by atoms with Crippen molar-refractivity contribution < 1.29 is 4.39 Å².